The van der Waals surface area contributed by atoms with E-state index in [2.05, 4.69) is 10.0 Å². The summed E-state index contributed by atoms with van der Waals surface area (Å²) >= 11 is 0. The number of carbonyl (C=O) groups excluding carboxylic acids is 1. The number of aryl methyl sites for hydroxylation is 1. The fourth-order valence-corrected chi connectivity index (χ4v) is 6.25. The molecule has 4 aromatic carbocycles. The molecular weight excluding hydrogens is 566 g/mol. The number of nitrogens with one attached hydrogen (secondary N) is 2. The van der Waals surface area contributed by atoms with E-state index >= 15 is 0 Å². The molecule has 0 atom stereocenters. The first kappa shape index (κ1) is 29.4. The van der Waals surface area contributed by atoms with Crippen LogP contribution in [0.1, 0.15) is 15.9 Å². The molecule has 0 aliphatic heterocycles. The Hall–Kier alpha value is -4.55. The molecule has 4 aromatic rings. The predicted octanol–water partition coefficient (Wildman–Crippen LogP) is 4.89. The summed E-state index contributed by atoms with van der Waals surface area (Å²) in [7, 11) is -3.46. The predicted molar refractivity (Wildman–Crippen MR) is 158 cm³/mol. The van der Waals surface area contributed by atoms with E-state index in [4.69, 9.17) is 9.47 Å². The summed E-state index contributed by atoms with van der Waals surface area (Å²) in [6.07, 6.45) is 0. The van der Waals surface area contributed by atoms with Gasteiger partial charge in [-0.25, -0.2) is 16.8 Å². The van der Waals surface area contributed by atoms with Crippen LogP contribution < -0.4 is 23.8 Å². The number of carbonyl (C=O) groups is 1. The SMILES string of the molecule is COc1ccc(S(=O)(=O)N(C)c2ccc(C(=O)Nc3ccc(S(=O)(=O)Nc4ccccc4C)cc3)cc2)cc1OC. The van der Waals surface area contributed by atoms with Gasteiger partial charge in [0.15, 0.2) is 11.5 Å². The van der Waals surface area contributed by atoms with Gasteiger partial charge in [-0.1, -0.05) is 18.2 Å². The molecule has 0 fully saturated rings. The number of benzene rings is 4. The van der Waals surface area contributed by atoms with Crippen molar-refractivity contribution in [3.05, 3.63) is 102 Å². The number of hydrogen-bond acceptors (Lipinski definition) is 7. The van der Waals surface area contributed by atoms with E-state index in [1.807, 2.05) is 6.07 Å². The van der Waals surface area contributed by atoms with Crippen molar-refractivity contribution in [1.82, 2.24) is 0 Å². The highest BCUT2D eigenvalue weighted by atomic mass is 32.2. The average Bonchev–Trinajstić information content (AvgIpc) is 2.97. The second-order valence-electron chi connectivity index (χ2n) is 8.94. The Kier molecular flexibility index (Phi) is 8.55. The average molecular weight is 596 g/mol. The van der Waals surface area contributed by atoms with Crippen molar-refractivity contribution in [2.75, 3.05) is 35.6 Å². The van der Waals surface area contributed by atoms with Crippen LogP contribution in [0.25, 0.3) is 0 Å². The standard InChI is InChI=1S/C29H29N3O7S2/c1-20-7-5-6-8-26(20)31-40(34,35)24-15-11-22(12-16-24)30-29(33)21-9-13-23(14-10-21)32(2)41(36,37)25-17-18-27(38-3)28(19-25)39-4/h5-19,31H,1-4H3,(H,30,33). The highest BCUT2D eigenvalue weighted by Crippen LogP contribution is 2.32. The summed E-state index contributed by atoms with van der Waals surface area (Å²) in [6.45, 7) is 1.80. The van der Waals surface area contributed by atoms with Gasteiger partial charge in [-0.05, 0) is 79.2 Å². The molecule has 0 spiro atoms. The molecule has 41 heavy (non-hydrogen) atoms. The van der Waals surface area contributed by atoms with Gasteiger partial charge in [0.25, 0.3) is 26.0 Å². The van der Waals surface area contributed by atoms with E-state index in [-0.39, 0.29) is 21.1 Å². The Labute approximate surface area is 239 Å². The van der Waals surface area contributed by atoms with Crippen molar-refractivity contribution < 1.29 is 31.1 Å². The van der Waals surface area contributed by atoms with Gasteiger partial charge in [-0.15, -0.1) is 0 Å². The minimum Gasteiger partial charge on any atom is -0.493 e. The lowest BCUT2D eigenvalue weighted by atomic mass is 10.2. The summed E-state index contributed by atoms with van der Waals surface area (Å²) in [5.41, 5.74) is 2.28. The van der Waals surface area contributed by atoms with Crippen molar-refractivity contribution in [2.24, 2.45) is 0 Å². The van der Waals surface area contributed by atoms with Gasteiger partial charge in [-0.3, -0.25) is 13.8 Å². The van der Waals surface area contributed by atoms with E-state index in [1.54, 1.807) is 25.1 Å². The lowest BCUT2D eigenvalue weighted by molar-refractivity contribution is 0.102. The highest BCUT2D eigenvalue weighted by molar-refractivity contribution is 7.93. The fourth-order valence-electron chi connectivity index (χ4n) is 3.91. The summed E-state index contributed by atoms with van der Waals surface area (Å²) in [5, 5.41) is 2.71. The normalized spacial score (nSPS) is 11.4. The molecular formula is C29H29N3O7S2. The Morgan fingerprint density at radius 1 is 0.756 bits per heavy atom. The second kappa shape index (κ2) is 11.9. The van der Waals surface area contributed by atoms with Crippen LogP contribution in [0.15, 0.2) is 101 Å². The molecule has 0 unspecified atom stereocenters. The molecule has 0 aromatic heterocycles. The van der Waals surface area contributed by atoms with Crippen LogP contribution >= 0.6 is 0 Å². The zero-order valence-electron chi connectivity index (χ0n) is 22.8. The number of para-hydroxylation sites is 1. The zero-order valence-corrected chi connectivity index (χ0v) is 24.4. The van der Waals surface area contributed by atoms with Crippen molar-refractivity contribution in [1.29, 1.82) is 0 Å². The minimum absolute atomic E-state index is 0.0130. The molecule has 10 nitrogen and oxygen atoms in total. The van der Waals surface area contributed by atoms with Crippen LogP contribution in [-0.4, -0.2) is 44.0 Å². The number of methoxy groups -OCH3 is 2. The smallest absolute Gasteiger partial charge is 0.264 e. The van der Waals surface area contributed by atoms with Crippen LogP contribution in [0.5, 0.6) is 11.5 Å². The van der Waals surface area contributed by atoms with E-state index in [9.17, 15) is 21.6 Å². The van der Waals surface area contributed by atoms with Crippen molar-refractivity contribution >= 4 is 43.0 Å². The van der Waals surface area contributed by atoms with E-state index in [0.29, 0.717) is 22.8 Å². The van der Waals surface area contributed by atoms with Gasteiger partial charge in [-0.2, -0.15) is 0 Å². The Morgan fingerprint density at radius 2 is 1.37 bits per heavy atom. The first-order valence-corrected chi connectivity index (χ1v) is 15.2. The second-order valence-corrected chi connectivity index (χ2v) is 12.6. The van der Waals surface area contributed by atoms with Crippen molar-refractivity contribution in [2.45, 2.75) is 16.7 Å². The topological polar surface area (TPSA) is 131 Å². The first-order chi connectivity index (χ1) is 19.5. The third kappa shape index (κ3) is 6.44. The molecule has 0 radical (unpaired) electrons. The molecule has 214 valence electrons. The third-order valence-corrected chi connectivity index (χ3v) is 9.48. The molecule has 0 aliphatic rings. The van der Waals surface area contributed by atoms with E-state index in [1.165, 1.54) is 88.0 Å². The molecule has 1 amide bonds. The van der Waals surface area contributed by atoms with E-state index < -0.39 is 26.0 Å². The molecule has 0 saturated carbocycles. The van der Waals surface area contributed by atoms with Crippen molar-refractivity contribution in [3.63, 3.8) is 0 Å². The number of sulfonamides is 2. The largest absolute Gasteiger partial charge is 0.493 e. The lowest BCUT2D eigenvalue weighted by Crippen LogP contribution is -2.26. The van der Waals surface area contributed by atoms with Crippen LogP contribution in [0.4, 0.5) is 17.1 Å². The number of amides is 1. The summed E-state index contributed by atoms with van der Waals surface area (Å²) < 4.78 is 65.9. The maximum Gasteiger partial charge on any atom is 0.264 e. The maximum atomic E-state index is 13.2. The first-order valence-electron chi connectivity index (χ1n) is 12.3. The number of anilines is 3. The molecule has 0 heterocycles. The monoisotopic (exact) mass is 595 g/mol. The fraction of sp³-hybridized carbons (Fsp3) is 0.138. The van der Waals surface area contributed by atoms with Crippen LogP contribution in [0, 0.1) is 6.92 Å². The molecule has 2 N–H and O–H groups in total. The van der Waals surface area contributed by atoms with Gasteiger partial charge < -0.3 is 14.8 Å². The molecule has 0 aliphatic carbocycles. The van der Waals surface area contributed by atoms with Gasteiger partial charge in [0, 0.05) is 24.4 Å². The third-order valence-electron chi connectivity index (χ3n) is 6.32. The number of rotatable bonds is 10. The molecule has 0 saturated heterocycles. The zero-order chi connectivity index (χ0) is 29.8. The molecule has 0 bridgehead atoms. The van der Waals surface area contributed by atoms with Gasteiger partial charge >= 0.3 is 0 Å². The van der Waals surface area contributed by atoms with Crippen LogP contribution in [0.2, 0.25) is 0 Å². The Bertz CT molecular complexity index is 1770. The van der Waals surface area contributed by atoms with Gasteiger partial charge in [0.2, 0.25) is 0 Å². The van der Waals surface area contributed by atoms with Gasteiger partial charge in [0.1, 0.15) is 0 Å². The number of nitrogens with zero attached hydrogens (tertiary/aromatic N) is 1. The molecule has 4 rings (SSSR count). The summed E-state index contributed by atoms with van der Waals surface area (Å²) in [6, 6.07) is 23.1. The van der Waals surface area contributed by atoms with Crippen molar-refractivity contribution in [3.8, 4) is 11.5 Å². The minimum atomic E-state index is -3.93. The maximum absolute atomic E-state index is 13.2. The lowest BCUT2D eigenvalue weighted by Gasteiger charge is -2.20. The number of hydrogen-bond donors (Lipinski definition) is 2. The Balaban J connectivity index is 1.44. The summed E-state index contributed by atoms with van der Waals surface area (Å²) in [4.78, 5) is 12.9. The number of ether oxygens (including phenoxy) is 2. The quantitative estimate of drug-likeness (QED) is 0.267. The summed E-state index contributed by atoms with van der Waals surface area (Å²) in [5.74, 6) is 0.234. The highest BCUT2D eigenvalue weighted by Gasteiger charge is 2.23. The Morgan fingerprint density at radius 3 is 1.98 bits per heavy atom. The van der Waals surface area contributed by atoms with Crippen LogP contribution in [-0.2, 0) is 20.0 Å². The van der Waals surface area contributed by atoms with E-state index in [0.717, 1.165) is 9.87 Å². The van der Waals surface area contributed by atoms with Crippen LogP contribution in [0.3, 0.4) is 0 Å². The molecule has 12 heteroatoms. The van der Waals surface area contributed by atoms with Gasteiger partial charge in [0.05, 0.1) is 35.4 Å².